The van der Waals surface area contributed by atoms with E-state index in [1.807, 2.05) is 12.3 Å². The van der Waals surface area contributed by atoms with Crippen LogP contribution in [-0.2, 0) is 4.74 Å². The van der Waals surface area contributed by atoms with Gasteiger partial charge >= 0.3 is 5.97 Å². The van der Waals surface area contributed by atoms with Gasteiger partial charge in [0.1, 0.15) is 4.88 Å². The first-order valence-corrected chi connectivity index (χ1v) is 6.49. The Labute approximate surface area is 101 Å². The van der Waals surface area contributed by atoms with E-state index in [9.17, 15) is 4.79 Å². The van der Waals surface area contributed by atoms with Crippen LogP contribution in [0.5, 0.6) is 0 Å². The Morgan fingerprint density at radius 3 is 2.88 bits per heavy atom. The van der Waals surface area contributed by atoms with Gasteiger partial charge in [-0.3, -0.25) is 0 Å². The highest BCUT2D eigenvalue weighted by Crippen LogP contribution is 2.28. The van der Waals surface area contributed by atoms with Crippen molar-refractivity contribution < 1.29 is 9.53 Å². The predicted octanol–water partition coefficient (Wildman–Crippen LogP) is 3.45. The van der Waals surface area contributed by atoms with Crippen molar-refractivity contribution in [3.8, 4) is 0 Å². The van der Waals surface area contributed by atoms with Gasteiger partial charge in [-0.2, -0.15) is 0 Å². The summed E-state index contributed by atoms with van der Waals surface area (Å²) in [4.78, 5) is 12.2. The molecule has 0 amide bonds. The van der Waals surface area contributed by atoms with Crippen LogP contribution in [0.1, 0.15) is 41.4 Å². The number of hydrogen-bond acceptors (Lipinski definition) is 4. The van der Waals surface area contributed by atoms with E-state index in [2.05, 4.69) is 12.2 Å². The molecule has 0 aliphatic rings. The number of aryl methyl sites for hydroxylation is 1. The van der Waals surface area contributed by atoms with Crippen LogP contribution >= 0.6 is 11.3 Å². The molecule has 0 aromatic carbocycles. The zero-order chi connectivity index (χ0) is 12.0. The average Bonchev–Trinajstić information content (AvgIpc) is 2.65. The Hall–Kier alpha value is -1.03. The van der Waals surface area contributed by atoms with Crippen molar-refractivity contribution >= 4 is 23.0 Å². The van der Waals surface area contributed by atoms with E-state index >= 15 is 0 Å². The molecule has 0 saturated carbocycles. The van der Waals surface area contributed by atoms with E-state index in [1.165, 1.54) is 31.3 Å². The van der Waals surface area contributed by atoms with E-state index in [-0.39, 0.29) is 5.97 Å². The Bertz CT molecular complexity index is 347. The summed E-state index contributed by atoms with van der Waals surface area (Å²) in [5.41, 5.74) is 2.05. The topological polar surface area (TPSA) is 38.3 Å². The standard InChI is InChI=1S/C12H19NO2S/c1-4-5-6-7-13-10-9(2)8-16-11(10)12(14)15-3/h8,13H,4-7H2,1-3H3. The molecule has 1 heterocycles. The van der Waals surface area contributed by atoms with Gasteiger partial charge in [0.25, 0.3) is 0 Å². The highest BCUT2D eigenvalue weighted by molar-refractivity contribution is 7.12. The number of rotatable bonds is 6. The Balaban J connectivity index is 2.63. The van der Waals surface area contributed by atoms with Crippen molar-refractivity contribution in [1.29, 1.82) is 0 Å². The molecular weight excluding hydrogens is 222 g/mol. The number of unbranched alkanes of at least 4 members (excludes halogenated alkanes) is 2. The summed E-state index contributed by atoms with van der Waals surface area (Å²) >= 11 is 1.44. The third kappa shape index (κ3) is 3.23. The number of carbonyl (C=O) groups excluding carboxylic acids is 1. The number of methoxy groups -OCH3 is 1. The average molecular weight is 241 g/mol. The summed E-state index contributed by atoms with van der Waals surface area (Å²) in [6, 6.07) is 0. The zero-order valence-corrected chi connectivity index (χ0v) is 10.9. The first kappa shape index (κ1) is 13.0. The maximum Gasteiger partial charge on any atom is 0.350 e. The summed E-state index contributed by atoms with van der Waals surface area (Å²) in [6.07, 6.45) is 3.55. The van der Waals surface area contributed by atoms with Gasteiger partial charge < -0.3 is 10.1 Å². The number of thiophene rings is 1. The maximum absolute atomic E-state index is 11.5. The van der Waals surface area contributed by atoms with Crippen molar-refractivity contribution in [3.05, 3.63) is 15.8 Å². The molecule has 0 bridgehead atoms. The van der Waals surface area contributed by atoms with E-state index in [0.717, 1.165) is 24.2 Å². The van der Waals surface area contributed by atoms with E-state index < -0.39 is 0 Å². The van der Waals surface area contributed by atoms with Crippen LogP contribution in [-0.4, -0.2) is 19.6 Å². The Kier molecular flexibility index (Phi) is 5.32. The van der Waals surface area contributed by atoms with Gasteiger partial charge in [-0.1, -0.05) is 19.8 Å². The summed E-state index contributed by atoms with van der Waals surface area (Å²) < 4.78 is 4.75. The summed E-state index contributed by atoms with van der Waals surface area (Å²) in [6.45, 7) is 5.09. The fourth-order valence-electron chi connectivity index (χ4n) is 1.50. The first-order chi connectivity index (χ1) is 7.70. The number of ether oxygens (including phenoxy) is 1. The molecule has 90 valence electrons. The molecule has 1 aromatic rings. The second-order valence-corrected chi connectivity index (χ2v) is 4.63. The summed E-state index contributed by atoms with van der Waals surface area (Å²) in [5.74, 6) is -0.254. The molecule has 0 radical (unpaired) electrons. The monoisotopic (exact) mass is 241 g/mol. The molecule has 1 N–H and O–H groups in total. The molecule has 4 heteroatoms. The first-order valence-electron chi connectivity index (χ1n) is 5.61. The maximum atomic E-state index is 11.5. The smallest absolute Gasteiger partial charge is 0.350 e. The van der Waals surface area contributed by atoms with Gasteiger partial charge in [-0.25, -0.2) is 4.79 Å². The molecule has 1 rings (SSSR count). The molecule has 0 aliphatic carbocycles. The van der Waals surface area contributed by atoms with E-state index in [1.54, 1.807) is 0 Å². The highest BCUT2D eigenvalue weighted by atomic mass is 32.1. The van der Waals surface area contributed by atoms with Gasteiger partial charge in [0.15, 0.2) is 0 Å². The SMILES string of the molecule is CCCCCNc1c(C)csc1C(=O)OC. The zero-order valence-electron chi connectivity index (χ0n) is 10.1. The lowest BCUT2D eigenvalue weighted by molar-refractivity contribution is 0.0607. The van der Waals surface area contributed by atoms with Crippen LogP contribution in [0.3, 0.4) is 0 Å². The molecule has 1 aromatic heterocycles. The van der Waals surface area contributed by atoms with Crippen LogP contribution in [0.15, 0.2) is 5.38 Å². The van der Waals surface area contributed by atoms with Crippen LogP contribution in [0, 0.1) is 6.92 Å². The number of nitrogens with one attached hydrogen (secondary N) is 1. The quantitative estimate of drug-likeness (QED) is 0.612. The number of hydrogen-bond donors (Lipinski definition) is 1. The predicted molar refractivity (Wildman–Crippen MR) is 68.4 cm³/mol. The lowest BCUT2D eigenvalue weighted by Crippen LogP contribution is -2.07. The highest BCUT2D eigenvalue weighted by Gasteiger charge is 2.15. The fraction of sp³-hybridized carbons (Fsp3) is 0.583. The Morgan fingerprint density at radius 1 is 1.50 bits per heavy atom. The Morgan fingerprint density at radius 2 is 2.25 bits per heavy atom. The molecule has 0 spiro atoms. The van der Waals surface area contributed by atoms with Crippen LogP contribution in [0.25, 0.3) is 0 Å². The molecule has 3 nitrogen and oxygen atoms in total. The third-order valence-electron chi connectivity index (χ3n) is 2.43. The molecule has 0 fully saturated rings. The normalized spacial score (nSPS) is 10.2. The fourth-order valence-corrected chi connectivity index (χ4v) is 2.44. The summed E-state index contributed by atoms with van der Waals surface area (Å²) in [7, 11) is 1.41. The van der Waals surface area contributed by atoms with Gasteiger partial charge in [0.2, 0.25) is 0 Å². The minimum Gasteiger partial charge on any atom is -0.465 e. The van der Waals surface area contributed by atoms with Crippen LogP contribution in [0.2, 0.25) is 0 Å². The summed E-state index contributed by atoms with van der Waals surface area (Å²) in [5, 5.41) is 5.30. The number of carbonyl (C=O) groups is 1. The third-order valence-corrected chi connectivity index (χ3v) is 3.51. The van der Waals surface area contributed by atoms with E-state index in [4.69, 9.17) is 4.74 Å². The molecular formula is C12H19NO2S. The van der Waals surface area contributed by atoms with Crippen LogP contribution < -0.4 is 5.32 Å². The largest absolute Gasteiger partial charge is 0.465 e. The lowest BCUT2D eigenvalue weighted by atomic mass is 10.2. The number of esters is 1. The van der Waals surface area contributed by atoms with Gasteiger partial charge in [0.05, 0.1) is 12.8 Å². The minimum absolute atomic E-state index is 0.254. The van der Waals surface area contributed by atoms with Gasteiger partial charge in [-0.05, 0) is 24.3 Å². The van der Waals surface area contributed by atoms with Crippen molar-refractivity contribution in [2.45, 2.75) is 33.1 Å². The molecule has 0 atom stereocenters. The van der Waals surface area contributed by atoms with Gasteiger partial charge in [-0.15, -0.1) is 11.3 Å². The van der Waals surface area contributed by atoms with Crippen molar-refractivity contribution in [1.82, 2.24) is 0 Å². The van der Waals surface area contributed by atoms with Crippen molar-refractivity contribution in [3.63, 3.8) is 0 Å². The van der Waals surface area contributed by atoms with Crippen LogP contribution in [0.4, 0.5) is 5.69 Å². The lowest BCUT2D eigenvalue weighted by Gasteiger charge is -2.07. The molecule has 16 heavy (non-hydrogen) atoms. The molecule has 0 unspecified atom stereocenters. The molecule has 0 aliphatic heterocycles. The van der Waals surface area contributed by atoms with Crippen molar-refractivity contribution in [2.24, 2.45) is 0 Å². The number of anilines is 1. The second kappa shape index (κ2) is 6.53. The van der Waals surface area contributed by atoms with E-state index in [0.29, 0.717) is 4.88 Å². The molecule has 0 saturated heterocycles. The van der Waals surface area contributed by atoms with Gasteiger partial charge in [0, 0.05) is 6.54 Å². The second-order valence-electron chi connectivity index (χ2n) is 3.75. The minimum atomic E-state index is -0.254. The van der Waals surface area contributed by atoms with Crippen molar-refractivity contribution in [2.75, 3.05) is 19.0 Å².